The van der Waals surface area contributed by atoms with Gasteiger partial charge in [-0.3, -0.25) is 9.59 Å². The molecule has 0 spiro atoms. The third-order valence-electron chi connectivity index (χ3n) is 8.12. The second-order valence-corrected chi connectivity index (χ2v) is 13.7. The van der Waals surface area contributed by atoms with Gasteiger partial charge in [-0.15, -0.1) is 0 Å². The van der Waals surface area contributed by atoms with E-state index in [-0.39, 0.29) is 34.1 Å². The van der Waals surface area contributed by atoms with Gasteiger partial charge in [0.15, 0.2) is 11.8 Å². The number of nitro groups is 1. The minimum Gasteiger partial charge on any atom is -0.462 e. The minimum atomic E-state index is -1.49. The molecule has 0 aromatic heterocycles. The van der Waals surface area contributed by atoms with Crippen molar-refractivity contribution in [3.8, 4) is 0 Å². The average Bonchev–Trinajstić information content (AvgIpc) is 3.05. The van der Waals surface area contributed by atoms with Crippen LogP contribution in [0.4, 0.5) is 11.4 Å². The van der Waals surface area contributed by atoms with Crippen LogP contribution in [0.3, 0.4) is 0 Å². The highest BCUT2D eigenvalue weighted by Crippen LogP contribution is 2.27. The first-order valence-corrected chi connectivity index (χ1v) is 17.6. The Balaban J connectivity index is 1.90. The number of para-hydroxylation sites is 1. The third kappa shape index (κ3) is 14.1. The summed E-state index contributed by atoms with van der Waals surface area (Å²) in [6.07, 6.45) is 17.3. The van der Waals surface area contributed by atoms with Crippen molar-refractivity contribution in [1.29, 1.82) is 5.41 Å². The molecule has 1 atom stereocenters. The predicted molar refractivity (Wildman–Crippen MR) is 193 cm³/mol. The van der Waals surface area contributed by atoms with Gasteiger partial charge in [-0.25, -0.2) is 4.79 Å². The molecule has 0 fully saturated rings. The lowest BCUT2D eigenvalue weighted by Crippen LogP contribution is -2.46. The van der Waals surface area contributed by atoms with Crippen LogP contribution in [0.2, 0.25) is 5.02 Å². The summed E-state index contributed by atoms with van der Waals surface area (Å²) in [5, 5.41) is 24.7. The highest BCUT2D eigenvalue weighted by Gasteiger charge is 2.36. The molecule has 48 heavy (non-hydrogen) atoms. The summed E-state index contributed by atoms with van der Waals surface area (Å²) in [7, 11) is 0. The van der Waals surface area contributed by atoms with Crippen molar-refractivity contribution in [3.63, 3.8) is 0 Å². The molecule has 11 heteroatoms. The van der Waals surface area contributed by atoms with Crippen LogP contribution in [0.1, 0.15) is 134 Å². The van der Waals surface area contributed by atoms with E-state index in [1.807, 2.05) is 0 Å². The number of ketones is 1. The van der Waals surface area contributed by atoms with E-state index in [9.17, 15) is 24.5 Å². The highest BCUT2D eigenvalue weighted by atomic mass is 35.5. The number of nitrogens with zero attached hydrogens (tertiary/aromatic N) is 1. The van der Waals surface area contributed by atoms with Crippen LogP contribution >= 0.6 is 11.6 Å². The van der Waals surface area contributed by atoms with Crippen LogP contribution in [0.25, 0.3) is 0 Å². The van der Waals surface area contributed by atoms with Crippen LogP contribution in [0.5, 0.6) is 0 Å². The molecular weight excluding hydrogens is 632 g/mol. The number of Topliss-reactive ketones (excluding diaryl/α,β-unsaturated/α-hetero) is 1. The van der Waals surface area contributed by atoms with E-state index < -0.39 is 39.9 Å². The summed E-state index contributed by atoms with van der Waals surface area (Å²) in [6, 6.07) is 8.76. The molecule has 1 unspecified atom stereocenters. The van der Waals surface area contributed by atoms with Crippen LogP contribution < -0.4 is 10.6 Å². The topological polar surface area (TPSA) is 151 Å². The van der Waals surface area contributed by atoms with Crippen molar-refractivity contribution in [3.05, 3.63) is 68.7 Å². The molecule has 1 amide bonds. The van der Waals surface area contributed by atoms with Gasteiger partial charge in [0.1, 0.15) is 0 Å². The van der Waals surface area contributed by atoms with Crippen LogP contribution in [-0.4, -0.2) is 41.1 Å². The SMILES string of the molecule is CCCCCCCCCCCCCCCCOC(=O)c1ccc(Cl)c(NC(=O)C(Nc2ccccc2C(=N)[N+](=O)[O-])C(=O)C(C)(C)C)c1. The first-order valence-electron chi connectivity index (χ1n) is 17.3. The maximum absolute atomic E-state index is 13.5. The van der Waals surface area contributed by atoms with Gasteiger partial charge in [-0.05, 0) is 41.7 Å². The number of hydrogen-bond acceptors (Lipinski definition) is 8. The standard InChI is InChI=1S/C37H53ClN4O6/c1-5-6-7-8-9-10-11-12-13-14-15-16-17-20-25-48-36(45)27-23-24-29(38)31(26-27)41-35(44)32(33(43)37(2,3)4)40-30-22-19-18-21-28(30)34(39)42(46)47/h18-19,21-24,26,32,39-40H,5-17,20,25H2,1-4H3,(H,41,44). The minimum absolute atomic E-state index is 0.0730. The molecule has 0 radical (unpaired) electrons. The van der Waals surface area contributed by atoms with Gasteiger partial charge in [0, 0.05) is 5.41 Å². The van der Waals surface area contributed by atoms with Crippen LogP contribution in [0, 0.1) is 20.9 Å². The Morgan fingerprint density at radius 3 is 1.94 bits per heavy atom. The van der Waals surface area contributed by atoms with E-state index in [2.05, 4.69) is 17.6 Å². The molecule has 264 valence electrons. The van der Waals surface area contributed by atoms with E-state index in [1.165, 1.54) is 107 Å². The van der Waals surface area contributed by atoms with Gasteiger partial charge in [-0.2, -0.15) is 0 Å². The number of amides is 1. The van der Waals surface area contributed by atoms with E-state index in [0.29, 0.717) is 0 Å². The number of carbonyl (C=O) groups excluding carboxylic acids is 3. The quantitative estimate of drug-likeness (QED) is 0.0212. The third-order valence-corrected chi connectivity index (χ3v) is 8.45. The summed E-state index contributed by atoms with van der Waals surface area (Å²) in [5.74, 6) is -2.72. The van der Waals surface area contributed by atoms with Gasteiger partial charge in [-0.1, -0.05) is 140 Å². The zero-order chi connectivity index (χ0) is 35.5. The van der Waals surface area contributed by atoms with E-state index in [0.717, 1.165) is 19.3 Å². The lowest BCUT2D eigenvalue weighted by atomic mass is 9.86. The lowest BCUT2D eigenvalue weighted by molar-refractivity contribution is -0.350. The molecule has 2 rings (SSSR count). The molecule has 0 bridgehead atoms. The lowest BCUT2D eigenvalue weighted by Gasteiger charge is -2.26. The number of halogens is 1. The van der Waals surface area contributed by atoms with E-state index in [4.69, 9.17) is 21.7 Å². The summed E-state index contributed by atoms with van der Waals surface area (Å²) in [5.41, 5.74) is -0.681. The van der Waals surface area contributed by atoms with Gasteiger partial charge in [0.25, 0.3) is 5.91 Å². The molecule has 0 aliphatic heterocycles. The van der Waals surface area contributed by atoms with Crippen molar-refractivity contribution in [2.75, 3.05) is 17.2 Å². The molecule has 2 aromatic carbocycles. The monoisotopic (exact) mass is 684 g/mol. The number of esters is 1. The number of unbranched alkanes of at least 4 members (excludes halogenated alkanes) is 13. The summed E-state index contributed by atoms with van der Waals surface area (Å²) in [4.78, 5) is 50.1. The zero-order valence-electron chi connectivity index (χ0n) is 29.0. The van der Waals surface area contributed by atoms with Gasteiger partial charge in [0.2, 0.25) is 0 Å². The smallest absolute Gasteiger partial charge is 0.365 e. The fourth-order valence-electron chi connectivity index (χ4n) is 5.25. The van der Waals surface area contributed by atoms with Gasteiger partial charge < -0.3 is 25.5 Å². The van der Waals surface area contributed by atoms with Crippen molar-refractivity contribution in [2.24, 2.45) is 5.41 Å². The molecular formula is C37H53ClN4O6. The summed E-state index contributed by atoms with van der Waals surface area (Å²) >= 11 is 6.35. The number of hydrogen-bond donors (Lipinski definition) is 3. The molecule has 0 aliphatic carbocycles. The van der Waals surface area contributed by atoms with Gasteiger partial charge in [0.05, 0.1) is 34.1 Å². The number of anilines is 2. The van der Waals surface area contributed by atoms with Crippen LogP contribution in [0.15, 0.2) is 42.5 Å². The van der Waals surface area contributed by atoms with Crippen molar-refractivity contribution in [2.45, 2.75) is 124 Å². The Hall–Kier alpha value is -3.79. The molecule has 0 saturated carbocycles. The Bertz CT molecular complexity index is 1370. The fourth-order valence-corrected chi connectivity index (χ4v) is 5.42. The molecule has 3 N–H and O–H groups in total. The van der Waals surface area contributed by atoms with E-state index >= 15 is 0 Å². The number of rotatable bonds is 22. The second kappa shape index (κ2) is 21.2. The van der Waals surface area contributed by atoms with Crippen LogP contribution in [-0.2, 0) is 14.3 Å². The zero-order valence-corrected chi connectivity index (χ0v) is 29.8. The highest BCUT2D eigenvalue weighted by molar-refractivity contribution is 6.34. The maximum atomic E-state index is 13.5. The number of carbonyl (C=O) groups is 3. The van der Waals surface area contributed by atoms with Crippen molar-refractivity contribution < 1.29 is 24.0 Å². The number of nitrogens with one attached hydrogen (secondary N) is 3. The summed E-state index contributed by atoms with van der Waals surface area (Å²) < 4.78 is 5.46. The summed E-state index contributed by atoms with van der Waals surface area (Å²) in [6.45, 7) is 7.46. The fraction of sp³-hybridized carbons (Fsp3) is 0.568. The van der Waals surface area contributed by atoms with Gasteiger partial charge >= 0.3 is 11.8 Å². The normalized spacial score (nSPS) is 11.9. The predicted octanol–water partition coefficient (Wildman–Crippen LogP) is 9.61. The Kier molecular flexibility index (Phi) is 17.9. The number of ether oxygens (including phenoxy) is 1. The van der Waals surface area contributed by atoms with E-state index in [1.54, 1.807) is 26.8 Å². The molecule has 2 aromatic rings. The molecule has 0 heterocycles. The molecule has 10 nitrogen and oxygen atoms in total. The Morgan fingerprint density at radius 1 is 0.854 bits per heavy atom. The Labute approximate surface area is 290 Å². The first-order chi connectivity index (χ1) is 22.9. The second-order valence-electron chi connectivity index (χ2n) is 13.3. The average molecular weight is 685 g/mol. The first kappa shape index (κ1) is 40.4. The van der Waals surface area contributed by atoms with Crippen molar-refractivity contribution >= 4 is 46.5 Å². The molecule has 0 aliphatic rings. The maximum Gasteiger partial charge on any atom is 0.365 e. The largest absolute Gasteiger partial charge is 0.462 e. The Morgan fingerprint density at radius 2 is 1.40 bits per heavy atom. The van der Waals surface area contributed by atoms with Crippen molar-refractivity contribution in [1.82, 2.24) is 0 Å². The molecule has 0 saturated heterocycles. The number of benzene rings is 2. The number of amidine groups is 1.